The van der Waals surface area contributed by atoms with Crippen LogP contribution in [0.25, 0.3) is 0 Å². The molecule has 0 atom stereocenters. The minimum Gasteiger partial charge on any atom is -0.371 e. The van der Waals surface area contributed by atoms with Crippen LogP contribution in [0.1, 0.15) is 41.6 Å². The molecule has 0 saturated carbocycles. The quantitative estimate of drug-likeness (QED) is 0.752. The molecule has 0 N–H and O–H groups in total. The predicted octanol–water partition coefficient (Wildman–Crippen LogP) is 3.98. The van der Waals surface area contributed by atoms with Gasteiger partial charge in [-0.25, -0.2) is 4.39 Å². The van der Waals surface area contributed by atoms with Crippen LogP contribution in [0, 0.1) is 5.82 Å². The summed E-state index contributed by atoms with van der Waals surface area (Å²) in [6, 6.07) is 12.3. The Morgan fingerprint density at radius 3 is 2.52 bits per heavy atom. The van der Waals surface area contributed by atoms with Crippen molar-refractivity contribution in [2.45, 2.75) is 32.1 Å². The number of Topliss-reactive ketones (excluding diaryl/α,β-unsaturated/α-hetero) is 1. The minimum absolute atomic E-state index is 0.0252. The van der Waals surface area contributed by atoms with Crippen molar-refractivity contribution < 1.29 is 14.0 Å². The number of carbonyl (C=O) groups excluding carboxylic acids is 2. The number of carbonyl (C=O) groups is 2. The highest BCUT2D eigenvalue weighted by Crippen LogP contribution is 2.34. The highest BCUT2D eigenvalue weighted by atomic mass is 19.1. The SMILES string of the molecule is O=C(CCC(=O)N1CCc2ccc(N3CCCC3)cc21)c1ccccc1F. The number of hydrogen-bond donors (Lipinski definition) is 0. The molecule has 0 spiro atoms. The lowest BCUT2D eigenvalue weighted by Crippen LogP contribution is -2.29. The molecular formula is C22H23FN2O2. The second-order valence-corrected chi connectivity index (χ2v) is 7.21. The van der Waals surface area contributed by atoms with Crippen LogP contribution >= 0.6 is 0 Å². The normalized spacial score (nSPS) is 15.9. The monoisotopic (exact) mass is 366 g/mol. The van der Waals surface area contributed by atoms with Crippen LogP contribution in [0.5, 0.6) is 0 Å². The molecule has 1 fully saturated rings. The Morgan fingerprint density at radius 2 is 1.74 bits per heavy atom. The average molecular weight is 366 g/mol. The van der Waals surface area contributed by atoms with E-state index in [0.717, 1.165) is 30.9 Å². The molecule has 2 aromatic rings. The summed E-state index contributed by atoms with van der Waals surface area (Å²) < 4.78 is 13.7. The third kappa shape index (κ3) is 3.59. The van der Waals surface area contributed by atoms with Crippen molar-refractivity contribution >= 4 is 23.1 Å². The van der Waals surface area contributed by atoms with Crippen LogP contribution in [0.2, 0.25) is 0 Å². The molecule has 1 saturated heterocycles. The van der Waals surface area contributed by atoms with Crippen molar-refractivity contribution in [3.63, 3.8) is 0 Å². The molecule has 2 aliphatic heterocycles. The van der Waals surface area contributed by atoms with Crippen molar-refractivity contribution in [1.82, 2.24) is 0 Å². The Hall–Kier alpha value is -2.69. The topological polar surface area (TPSA) is 40.6 Å². The van der Waals surface area contributed by atoms with E-state index in [-0.39, 0.29) is 30.1 Å². The molecule has 2 aliphatic rings. The smallest absolute Gasteiger partial charge is 0.227 e. The Morgan fingerprint density at radius 1 is 0.963 bits per heavy atom. The fourth-order valence-corrected chi connectivity index (χ4v) is 3.98. The molecule has 140 valence electrons. The van der Waals surface area contributed by atoms with Gasteiger partial charge < -0.3 is 9.80 Å². The minimum atomic E-state index is -0.531. The number of fused-ring (bicyclic) bond motifs is 1. The van der Waals surface area contributed by atoms with Gasteiger partial charge in [-0.05, 0) is 49.1 Å². The average Bonchev–Trinajstić information content (AvgIpc) is 3.35. The van der Waals surface area contributed by atoms with E-state index >= 15 is 0 Å². The zero-order valence-corrected chi connectivity index (χ0v) is 15.3. The second-order valence-electron chi connectivity index (χ2n) is 7.21. The van der Waals surface area contributed by atoms with Crippen LogP contribution in [0.15, 0.2) is 42.5 Å². The van der Waals surface area contributed by atoms with Gasteiger partial charge in [-0.2, -0.15) is 0 Å². The number of hydrogen-bond acceptors (Lipinski definition) is 3. The number of nitrogens with zero attached hydrogens (tertiary/aromatic N) is 2. The van der Waals surface area contributed by atoms with Gasteiger partial charge in [0.15, 0.2) is 5.78 Å². The Bertz CT molecular complexity index is 874. The lowest BCUT2D eigenvalue weighted by Gasteiger charge is -2.22. The van der Waals surface area contributed by atoms with Crippen LogP contribution in [0.3, 0.4) is 0 Å². The van der Waals surface area contributed by atoms with Crippen molar-refractivity contribution in [2.75, 3.05) is 29.4 Å². The van der Waals surface area contributed by atoms with Gasteiger partial charge in [0, 0.05) is 43.9 Å². The standard InChI is InChI=1S/C22H23FN2O2/c23-19-6-2-1-5-18(19)21(26)9-10-22(27)25-14-11-16-7-8-17(15-20(16)25)24-12-3-4-13-24/h1-2,5-8,15H,3-4,9-14H2. The summed E-state index contributed by atoms with van der Waals surface area (Å²) in [6.45, 7) is 2.76. The van der Waals surface area contributed by atoms with Gasteiger partial charge in [0.05, 0.1) is 5.56 Å². The maximum Gasteiger partial charge on any atom is 0.227 e. The van der Waals surface area contributed by atoms with E-state index in [1.54, 1.807) is 17.0 Å². The molecule has 0 bridgehead atoms. The Balaban J connectivity index is 1.44. The second kappa shape index (κ2) is 7.51. The van der Waals surface area contributed by atoms with Crippen LogP contribution in [-0.2, 0) is 11.2 Å². The first kappa shape index (κ1) is 17.7. The van der Waals surface area contributed by atoms with Gasteiger partial charge in [0.2, 0.25) is 5.91 Å². The molecule has 0 aliphatic carbocycles. The van der Waals surface area contributed by atoms with E-state index in [4.69, 9.17) is 0 Å². The van der Waals surface area contributed by atoms with E-state index in [1.165, 1.54) is 30.5 Å². The Kier molecular flexibility index (Phi) is 4.92. The first-order chi connectivity index (χ1) is 13.1. The number of anilines is 2. The highest BCUT2D eigenvalue weighted by Gasteiger charge is 2.26. The van der Waals surface area contributed by atoms with E-state index < -0.39 is 5.82 Å². The van der Waals surface area contributed by atoms with Gasteiger partial charge in [-0.15, -0.1) is 0 Å². The lowest BCUT2D eigenvalue weighted by atomic mass is 10.1. The molecule has 1 amide bonds. The fourth-order valence-electron chi connectivity index (χ4n) is 3.98. The molecule has 4 rings (SSSR count). The third-order valence-corrected chi connectivity index (χ3v) is 5.48. The largest absolute Gasteiger partial charge is 0.371 e. The predicted molar refractivity (Wildman–Crippen MR) is 104 cm³/mol. The van der Waals surface area contributed by atoms with Crippen molar-refractivity contribution in [2.24, 2.45) is 0 Å². The summed E-state index contributed by atoms with van der Waals surface area (Å²) in [5.41, 5.74) is 3.35. The molecule has 27 heavy (non-hydrogen) atoms. The zero-order valence-electron chi connectivity index (χ0n) is 15.3. The van der Waals surface area contributed by atoms with Gasteiger partial charge in [-0.3, -0.25) is 9.59 Å². The van der Waals surface area contributed by atoms with Gasteiger partial charge in [0.1, 0.15) is 5.82 Å². The highest BCUT2D eigenvalue weighted by molar-refractivity contribution is 6.01. The molecule has 0 radical (unpaired) electrons. The van der Waals surface area contributed by atoms with Crippen molar-refractivity contribution in [3.8, 4) is 0 Å². The summed E-state index contributed by atoms with van der Waals surface area (Å²) in [7, 11) is 0. The van der Waals surface area contributed by atoms with Crippen molar-refractivity contribution in [1.29, 1.82) is 0 Å². The maximum atomic E-state index is 13.7. The van der Waals surface area contributed by atoms with Gasteiger partial charge >= 0.3 is 0 Å². The fraction of sp³-hybridized carbons (Fsp3) is 0.364. The van der Waals surface area contributed by atoms with E-state index in [9.17, 15) is 14.0 Å². The molecule has 2 aromatic carbocycles. The first-order valence-electron chi connectivity index (χ1n) is 9.59. The lowest BCUT2D eigenvalue weighted by molar-refractivity contribution is -0.118. The summed E-state index contributed by atoms with van der Waals surface area (Å²) in [5, 5.41) is 0. The number of ketones is 1. The van der Waals surface area contributed by atoms with Gasteiger partial charge in [0.25, 0.3) is 0 Å². The summed E-state index contributed by atoms with van der Waals surface area (Å²) >= 11 is 0. The molecular weight excluding hydrogens is 343 g/mol. The number of benzene rings is 2. The molecule has 5 heteroatoms. The zero-order chi connectivity index (χ0) is 18.8. The molecule has 2 heterocycles. The van der Waals surface area contributed by atoms with Crippen LogP contribution in [-0.4, -0.2) is 31.3 Å². The van der Waals surface area contributed by atoms with Crippen molar-refractivity contribution in [3.05, 3.63) is 59.4 Å². The summed E-state index contributed by atoms with van der Waals surface area (Å²) in [6.07, 6.45) is 3.37. The number of halogens is 1. The maximum absolute atomic E-state index is 13.7. The number of rotatable bonds is 5. The summed E-state index contributed by atoms with van der Waals surface area (Å²) in [4.78, 5) is 29.1. The number of amides is 1. The first-order valence-corrected chi connectivity index (χ1v) is 9.59. The van der Waals surface area contributed by atoms with Crippen LogP contribution < -0.4 is 9.80 Å². The van der Waals surface area contributed by atoms with Crippen LogP contribution in [0.4, 0.5) is 15.8 Å². The molecule has 4 nitrogen and oxygen atoms in total. The van der Waals surface area contributed by atoms with E-state index in [0.29, 0.717) is 6.54 Å². The van der Waals surface area contributed by atoms with E-state index in [1.807, 2.05) is 0 Å². The molecule has 0 unspecified atom stereocenters. The van der Waals surface area contributed by atoms with Gasteiger partial charge in [-0.1, -0.05) is 18.2 Å². The molecule has 0 aromatic heterocycles. The summed E-state index contributed by atoms with van der Waals surface area (Å²) in [5.74, 6) is -0.930. The third-order valence-electron chi connectivity index (χ3n) is 5.48. The van der Waals surface area contributed by atoms with E-state index in [2.05, 4.69) is 23.1 Å². The Labute approximate surface area is 158 Å².